The van der Waals surface area contributed by atoms with Gasteiger partial charge in [-0.3, -0.25) is 14.5 Å². The Hall–Kier alpha value is -1.97. The molecule has 0 unspecified atom stereocenters. The molecule has 18 heavy (non-hydrogen) atoms. The molecule has 0 aliphatic heterocycles. The molecule has 0 spiro atoms. The number of carbonyl (C=O) groups excluding carboxylic acids is 1. The van der Waals surface area contributed by atoms with Crippen molar-refractivity contribution in [2.24, 2.45) is 0 Å². The van der Waals surface area contributed by atoms with Crippen LogP contribution >= 0.6 is 0 Å². The smallest absolute Gasteiger partial charge is 0.185 e. The second-order valence-electron chi connectivity index (χ2n) is 4.48. The second kappa shape index (κ2) is 5.12. The Kier molecular flexibility index (Phi) is 3.55. The molecule has 0 aliphatic carbocycles. The van der Waals surface area contributed by atoms with Crippen LogP contribution in [0.2, 0.25) is 0 Å². The molecular formula is C14H17N3O. The fraction of sp³-hybridized carbons (Fsp3) is 0.357. The first-order valence-corrected chi connectivity index (χ1v) is 6.08. The molecule has 94 valence electrons. The average molecular weight is 243 g/mol. The highest BCUT2D eigenvalue weighted by atomic mass is 16.1. The molecule has 0 saturated heterocycles. The first-order valence-electron chi connectivity index (χ1n) is 6.08. The average Bonchev–Trinajstić information content (AvgIpc) is 2.76. The van der Waals surface area contributed by atoms with E-state index in [1.54, 1.807) is 12.4 Å². The molecule has 2 heterocycles. The molecule has 0 aromatic carbocycles. The van der Waals surface area contributed by atoms with Crippen molar-refractivity contribution in [2.75, 3.05) is 0 Å². The van der Waals surface area contributed by atoms with E-state index < -0.39 is 0 Å². The van der Waals surface area contributed by atoms with Crippen molar-refractivity contribution in [3.8, 4) is 0 Å². The lowest BCUT2D eigenvalue weighted by atomic mass is 10.1. The Labute approximate surface area is 107 Å². The zero-order valence-corrected chi connectivity index (χ0v) is 11.0. The predicted molar refractivity (Wildman–Crippen MR) is 69.6 cm³/mol. The number of pyridine rings is 1. The van der Waals surface area contributed by atoms with E-state index in [1.807, 2.05) is 37.7 Å². The lowest BCUT2D eigenvalue weighted by Gasteiger charge is -2.03. The summed E-state index contributed by atoms with van der Waals surface area (Å²) in [5.74, 6) is 0.0446. The molecule has 0 aliphatic rings. The molecule has 0 fully saturated rings. The number of carbonyl (C=O) groups is 1. The normalized spacial score (nSPS) is 10.6. The summed E-state index contributed by atoms with van der Waals surface area (Å²) >= 11 is 0. The largest absolute Gasteiger partial charge is 0.292 e. The van der Waals surface area contributed by atoms with Crippen LogP contribution in [-0.2, 0) is 13.0 Å². The van der Waals surface area contributed by atoms with Crippen molar-refractivity contribution in [2.45, 2.75) is 33.7 Å². The summed E-state index contributed by atoms with van der Waals surface area (Å²) in [7, 11) is 0. The van der Waals surface area contributed by atoms with Crippen LogP contribution < -0.4 is 0 Å². The number of nitrogens with zero attached hydrogens (tertiary/aromatic N) is 3. The van der Waals surface area contributed by atoms with Gasteiger partial charge in [0, 0.05) is 25.4 Å². The SMILES string of the molecule is CCn1cc(CC(=O)c2ncc(C)cc2C)cn1. The molecule has 4 heteroatoms. The van der Waals surface area contributed by atoms with Gasteiger partial charge in [0.1, 0.15) is 5.69 Å². The van der Waals surface area contributed by atoms with Gasteiger partial charge in [0.05, 0.1) is 6.20 Å². The van der Waals surface area contributed by atoms with Crippen molar-refractivity contribution in [3.63, 3.8) is 0 Å². The highest BCUT2D eigenvalue weighted by molar-refractivity contribution is 5.96. The van der Waals surface area contributed by atoms with Gasteiger partial charge in [-0.15, -0.1) is 0 Å². The van der Waals surface area contributed by atoms with Crippen LogP contribution in [0.4, 0.5) is 0 Å². The number of hydrogen-bond donors (Lipinski definition) is 0. The third-order valence-corrected chi connectivity index (χ3v) is 2.85. The van der Waals surface area contributed by atoms with Gasteiger partial charge >= 0.3 is 0 Å². The first-order chi connectivity index (χ1) is 8.60. The quantitative estimate of drug-likeness (QED) is 0.774. The third kappa shape index (κ3) is 2.64. The number of Topliss-reactive ketones (excluding diaryl/α,β-unsaturated/α-hetero) is 1. The van der Waals surface area contributed by atoms with Gasteiger partial charge in [-0.2, -0.15) is 5.10 Å². The standard InChI is InChI=1S/C14H17N3O/c1-4-17-9-12(8-16-17)6-13(18)14-11(3)5-10(2)7-15-14/h5,7-9H,4,6H2,1-3H3. The minimum absolute atomic E-state index is 0.0446. The first kappa shape index (κ1) is 12.5. The maximum absolute atomic E-state index is 12.1. The van der Waals surface area contributed by atoms with E-state index in [-0.39, 0.29) is 5.78 Å². The van der Waals surface area contributed by atoms with Crippen molar-refractivity contribution in [1.82, 2.24) is 14.8 Å². The van der Waals surface area contributed by atoms with Gasteiger partial charge in [0.25, 0.3) is 0 Å². The summed E-state index contributed by atoms with van der Waals surface area (Å²) in [6.45, 7) is 6.72. The molecule has 0 N–H and O–H groups in total. The Morgan fingerprint density at radius 3 is 2.72 bits per heavy atom. The lowest BCUT2D eigenvalue weighted by molar-refractivity contribution is 0.0987. The van der Waals surface area contributed by atoms with Crippen molar-refractivity contribution < 1.29 is 4.79 Å². The van der Waals surface area contributed by atoms with Gasteiger partial charge < -0.3 is 0 Å². The molecule has 0 bridgehead atoms. The van der Waals surface area contributed by atoms with Crippen LogP contribution in [0, 0.1) is 13.8 Å². The highest BCUT2D eigenvalue weighted by Crippen LogP contribution is 2.11. The monoisotopic (exact) mass is 243 g/mol. The van der Waals surface area contributed by atoms with Crippen molar-refractivity contribution in [3.05, 3.63) is 47.0 Å². The van der Waals surface area contributed by atoms with E-state index in [9.17, 15) is 4.79 Å². The van der Waals surface area contributed by atoms with E-state index in [0.29, 0.717) is 12.1 Å². The van der Waals surface area contributed by atoms with Gasteiger partial charge in [-0.1, -0.05) is 6.07 Å². The summed E-state index contributed by atoms with van der Waals surface area (Å²) in [5, 5.41) is 4.16. The minimum Gasteiger partial charge on any atom is -0.292 e. The fourth-order valence-electron chi connectivity index (χ4n) is 1.95. The van der Waals surface area contributed by atoms with Crippen LogP contribution in [0.15, 0.2) is 24.7 Å². The topological polar surface area (TPSA) is 47.8 Å². The molecule has 4 nitrogen and oxygen atoms in total. The number of aryl methyl sites for hydroxylation is 3. The van der Waals surface area contributed by atoms with E-state index in [1.165, 1.54) is 0 Å². The summed E-state index contributed by atoms with van der Waals surface area (Å²) < 4.78 is 1.82. The van der Waals surface area contributed by atoms with Crippen LogP contribution in [-0.4, -0.2) is 20.5 Å². The number of ketones is 1. The van der Waals surface area contributed by atoms with Crippen LogP contribution in [0.1, 0.15) is 34.1 Å². The van der Waals surface area contributed by atoms with Crippen molar-refractivity contribution >= 4 is 5.78 Å². The number of rotatable bonds is 4. The van der Waals surface area contributed by atoms with E-state index in [2.05, 4.69) is 10.1 Å². The number of aromatic nitrogens is 3. The Bertz CT molecular complexity index is 572. The maximum atomic E-state index is 12.1. The summed E-state index contributed by atoms with van der Waals surface area (Å²) in [6.07, 6.45) is 5.74. The van der Waals surface area contributed by atoms with Crippen LogP contribution in [0.3, 0.4) is 0 Å². The Morgan fingerprint density at radius 1 is 1.33 bits per heavy atom. The molecule has 0 amide bonds. The van der Waals surface area contributed by atoms with Crippen LogP contribution in [0.5, 0.6) is 0 Å². The van der Waals surface area contributed by atoms with Gasteiger partial charge in [-0.25, -0.2) is 0 Å². The summed E-state index contributed by atoms with van der Waals surface area (Å²) in [5.41, 5.74) is 3.50. The van der Waals surface area contributed by atoms with Gasteiger partial charge in [-0.05, 0) is 37.5 Å². The fourth-order valence-corrected chi connectivity index (χ4v) is 1.95. The van der Waals surface area contributed by atoms with Gasteiger partial charge in [0.15, 0.2) is 5.78 Å². The lowest BCUT2D eigenvalue weighted by Crippen LogP contribution is -2.08. The molecule has 0 radical (unpaired) electrons. The van der Waals surface area contributed by atoms with Crippen LogP contribution in [0.25, 0.3) is 0 Å². The van der Waals surface area contributed by atoms with Crippen molar-refractivity contribution in [1.29, 1.82) is 0 Å². The highest BCUT2D eigenvalue weighted by Gasteiger charge is 2.12. The second-order valence-corrected chi connectivity index (χ2v) is 4.48. The predicted octanol–water partition coefficient (Wildman–Crippen LogP) is 2.34. The molecule has 0 atom stereocenters. The zero-order chi connectivity index (χ0) is 13.1. The number of hydrogen-bond acceptors (Lipinski definition) is 3. The van der Waals surface area contributed by atoms with E-state index in [0.717, 1.165) is 23.2 Å². The molecule has 2 rings (SSSR count). The summed E-state index contributed by atoms with van der Waals surface area (Å²) in [4.78, 5) is 16.4. The van der Waals surface area contributed by atoms with E-state index >= 15 is 0 Å². The zero-order valence-electron chi connectivity index (χ0n) is 11.0. The van der Waals surface area contributed by atoms with E-state index in [4.69, 9.17) is 0 Å². The van der Waals surface area contributed by atoms with Gasteiger partial charge in [0.2, 0.25) is 0 Å². The Balaban J connectivity index is 2.16. The molecule has 0 saturated carbocycles. The minimum atomic E-state index is 0.0446. The summed E-state index contributed by atoms with van der Waals surface area (Å²) in [6, 6.07) is 1.98. The Morgan fingerprint density at radius 2 is 2.11 bits per heavy atom. The maximum Gasteiger partial charge on any atom is 0.185 e. The molecular weight excluding hydrogens is 226 g/mol. The molecule has 2 aromatic rings. The third-order valence-electron chi connectivity index (χ3n) is 2.85. The molecule has 2 aromatic heterocycles.